The minimum atomic E-state index is -0.710. The van der Waals surface area contributed by atoms with Gasteiger partial charge in [0.2, 0.25) is 0 Å². The lowest BCUT2D eigenvalue weighted by atomic mass is 10.00. The second-order valence-electron chi connectivity index (χ2n) is 7.40. The Labute approximate surface area is 180 Å². The molecule has 8 heteroatoms. The standard InChI is InChI=1S/C23H26O8/c1-13(24)30-20-7-5-15(10-23(20)29-3)18(26)11-16-12-19(27)22(31-16)9-14-4-6-17(25)21(8-14)28-2/h4-8,10,16,19,22,25,27H,9,11-12H2,1-3H3/t16-,19-,22-/m1/s1. The van der Waals surface area contributed by atoms with Crippen LogP contribution in [0.5, 0.6) is 23.0 Å². The van der Waals surface area contributed by atoms with Crippen molar-refractivity contribution < 1.29 is 38.7 Å². The molecule has 0 bridgehead atoms. The van der Waals surface area contributed by atoms with Crippen molar-refractivity contribution in [3.63, 3.8) is 0 Å². The van der Waals surface area contributed by atoms with E-state index >= 15 is 0 Å². The summed E-state index contributed by atoms with van der Waals surface area (Å²) in [6.45, 7) is 1.28. The summed E-state index contributed by atoms with van der Waals surface area (Å²) in [5.41, 5.74) is 1.24. The number of hydrogen-bond donors (Lipinski definition) is 2. The highest BCUT2D eigenvalue weighted by molar-refractivity contribution is 5.97. The first-order valence-corrected chi connectivity index (χ1v) is 9.89. The molecule has 0 aromatic heterocycles. The third-order valence-electron chi connectivity index (χ3n) is 5.13. The van der Waals surface area contributed by atoms with E-state index in [-0.39, 0.29) is 29.5 Å². The van der Waals surface area contributed by atoms with Crippen LogP contribution in [0.4, 0.5) is 0 Å². The molecule has 2 N–H and O–H groups in total. The summed E-state index contributed by atoms with van der Waals surface area (Å²) in [4.78, 5) is 23.9. The molecule has 1 aliphatic heterocycles. The van der Waals surface area contributed by atoms with Gasteiger partial charge in [0.15, 0.2) is 28.8 Å². The quantitative estimate of drug-likeness (QED) is 0.374. The van der Waals surface area contributed by atoms with Gasteiger partial charge in [0.05, 0.1) is 32.5 Å². The van der Waals surface area contributed by atoms with Crippen molar-refractivity contribution in [2.45, 2.75) is 44.5 Å². The molecular weight excluding hydrogens is 404 g/mol. The number of ketones is 1. The van der Waals surface area contributed by atoms with Gasteiger partial charge in [-0.15, -0.1) is 0 Å². The number of benzene rings is 2. The summed E-state index contributed by atoms with van der Waals surface area (Å²) in [7, 11) is 2.89. The normalized spacial score (nSPS) is 20.3. The molecular formula is C23H26O8. The molecule has 1 heterocycles. The van der Waals surface area contributed by atoms with Crippen molar-refractivity contribution in [3.8, 4) is 23.0 Å². The topological polar surface area (TPSA) is 112 Å². The van der Waals surface area contributed by atoms with E-state index in [0.717, 1.165) is 5.56 Å². The molecule has 3 atom stereocenters. The van der Waals surface area contributed by atoms with E-state index in [1.54, 1.807) is 18.2 Å². The minimum Gasteiger partial charge on any atom is -0.504 e. The number of carbonyl (C=O) groups is 2. The third-order valence-corrected chi connectivity index (χ3v) is 5.13. The fourth-order valence-electron chi connectivity index (χ4n) is 3.62. The van der Waals surface area contributed by atoms with Crippen molar-refractivity contribution in [1.82, 2.24) is 0 Å². The fraction of sp³-hybridized carbons (Fsp3) is 0.391. The summed E-state index contributed by atoms with van der Waals surface area (Å²) < 4.78 is 21.3. The Balaban J connectivity index is 1.63. The maximum absolute atomic E-state index is 12.7. The number of Topliss-reactive ketones (excluding diaryl/α,β-unsaturated/α-hetero) is 1. The molecule has 31 heavy (non-hydrogen) atoms. The number of ether oxygens (including phenoxy) is 4. The van der Waals surface area contributed by atoms with Gasteiger partial charge in [-0.05, 0) is 35.9 Å². The van der Waals surface area contributed by atoms with Gasteiger partial charge < -0.3 is 29.2 Å². The number of esters is 1. The molecule has 166 valence electrons. The summed E-state index contributed by atoms with van der Waals surface area (Å²) >= 11 is 0. The molecule has 2 aromatic rings. The largest absolute Gasteiger partial charge is 0.504 e. The molecule has 0 saturated carbocycles. The number of phenolic OH excluding ortho intramolecular Hbond substituents is 1. The number of methoxy groups -OCH3 is 2. The summed E-state index contributed by atoms with van der Waals surface area (Å²) in [5, 5.41) is 20.1. The summed E-state index contributed by atoms with van der Waals surface area (Å²) in [6, 6.07) is 9.56. The van der Waals surface area contributed by atoms with E-state index < -0.39 is 24.3 Å². The van der Waals surface area contributed by atoms with Crippen LogP contribution in [0.25, 0.3) is 0 Å². The van der Waals surface area contributed by atoms with Crippen molar-refractivity contribution in [2.75, 3.05) is 14.2 Å². The maximum Gasteiger partial charge on any atom is 0.308 e. The van der Waals surface area contributed by atoms with Crippen LogP contribution in [0, 0.1) is 0 Å². The van der Waals surface area contributed by atoms with Crippen LogP contribution >= 0.6 is 0 Å². The fourth-order valence-corrected chi connectivity index (χ4v) is 3.62. The van der Waals surface area contributed by atoms with Crippen LogP contribution in [0.1, 0.15) is 35.7 Å². The third kappa shape index (κ3) is 5.53. The monoisotopic (exact) mass is 430 g/mol. The van der Waals surface area contributed by atoms with Crippen molar-refractivity contribution in [3.05, 3.63) is 47.5 Å². The number of aliphatic hydroxyl groups is 1. The van der Waals surface area contributed by atoms with E-state index in [2.05, 4.69) is 0 Å². The average Bonchev–Trinajstić information content (AvgIpc) is 3.07. The van der Waals surface area contributed by atoms with Gasteiger partial charge in [-0.1, -0.05) is 6.07 Å². The van der Waals surface area contributed by atoms with Crippen molar-refractivity contribution >= 4 is 11.8 Å². The number of aliphatic hydroxyl groups excluding tert-OH is 1. The van der Waals surface area contributed by atoms with Gasteiger partial charge in [-0.2, -0.15) is 0 Å². The highest BCUT2D eigenvalue weighted by Crippen LogP contribution is 2.32. The Bertz CT molecular complexity index is 955. The molecule has 0 unspecified atom stereocenters. The average molecular weight is 430 g/mol. The number of carbonyl (C=O) groups excluding carboxylic acids is 2. The minimum absolute atomic E-state index is 0.0396. The number of phenols is 1. The lowest BCUT2D eigenvalue weighted by molar-refractivity contribution is -0.132. The highest BCUT2D eigenvalue weighted by Gasteiger charge is 2.35. The number of hydrogen-bond acceptors (Lipinski definition) is 8. The second-order valence-corrected chi connectivity index (χ2v) is 7.40. The maximum atomic E-state index is 12.7. The lowest BCUT2D eigenvalue weighted by Crippen LogP contribution is -2.23. The zero-order valence-corrected chi connectivity index (χ0v) is 17.7. The Hall–Kier alpha value is -3.10. The van der Waals surface area contributed by atoms with Gasteiger partial charge in [0.25, 0.3) is 0 Å². The molecule has 8 nitrogen and oxygen atoms in total. The predicted octanol–water partition coefficient (Wildman–Crippen LogP) is 2.67. The van der Waals surface area contributed by atoms with E-state index in [9.17, 15) is 19.8 Å². The van der Waals surface area contributed by atoms with E-state index in [1.165, 1.54) is 39.3 Å². The van der Waals surface area contributed by atoms with Gasteiger partial charge in [0, 0.05) is 31.7 Å². The zero-order valence-electron chi connectivity index (χ0n) is 17.7. The molecule has 1 saturated heterocycles. The van der Waals surface area contributed by atoms with E-state index in [1.807, 2.05) is 0 Å². The molecule has 2 aromatic carbocycles. The molecule has 1 fully saturated rings. The zero-order chi connectivity index (χ0) is 22.5. The molecule has 0 radical (unpaired) electrons. The highest BCUT2D eigenvalue weighted by atomic mass is 16.6. The van der Waals surface area contributed by atoms with Crippen LogP contribution in [0.15, 0.2) is 36.4 Å². The SMILES string of the molecule is COc1cc(C[C@H]2O[C@H](CC(=O)c3ccc(OC(C)=O)c(OC)c3)C[C@H]2O)ccc1O. The molecule has 0 spiro atoms. The first kappa shape index (κ1) is 22.6. The van der Waals surface area contributed by atoms with E-state index in [4.69, 9.17) is 18.9 Å². The Morgan fingerprint density at radius 3 is 2.48 bits per heavy atom. The van der Waals surface area contributed by atoms with Gasteiger partial charge in [-0.25, -0.2) is 0 Å². The molecule has 0 amide bonds. The molecule has 0 aliphatic carbocycles. The van der Waals surface area contributed by atoms with E-state index in [0.29, 0.717) is 24.2 Å². The Morgan fingerprint density at radius 1 is 1.06 bits per heavy atom. The number of rotatable bonds is 8. The molecule has 1 aliphatic rings. The first-order valence-electron chi connectivity index (χ1n) is 9.89. The summed E-state index contributed by atoms with van der Waals surface area (Å²) in [5.74, 6) is 0.261. The van der Waals surface area contributed by atoms with Crippen LogP contribution in [-0.2, 0) is 16.0 Å². The smallest absolute Gasteiger partial charge is 0.308 e. The van der Waals surface area contributed by atoms with Gasteiger partial charge >= 0.3 is 5.97 Å². The predicted molar refractivity (Wildman–Crippen MR) is 111 cm³/mol. The lowest BCUT2D eigenvalue weighted by Gasteiger charge is -2.16. The van der Waals surface area contributed by atoms with Gasteiger partial charge in [0.1, 0.15) is 0 Å². The van der Waals surface area contributed by atoms with Crippen LogP contribution in [0.3, 0.4) is 0 Å². The van der Waals surface area contributed by atoms with Crippen molar-refractivity contribution in [2.24, 2.45) is 0 Å². The second kappa shape index (κ2) is 9.80. The van der Waals surface area contributed by atoms with Crippen LogP contribution in [-0.4, -0.2) is 54.5 Å². The molecule has 3 rings (SSSR count). The van der Waals surface area contributed by atoms with Crippen LogP contribution in [0.2, 0.25) is 0 Å². The number of aromatic hydroxyl groups is 1. The first-order chi connectivity index (χ1) is 14.8. The van der Waals surface area contributed by atoms with Crippen molar-refractivity contribution in [1.29, 1.82) is 0 Å². The summed E-state index contributed by atoms with van der Waals surface area (Å²) in [6.07, 6.45) is -0.735. The Morgan fingerprint density at radius 2 is 1.81 bits per heavy atom. The Kier molecular flexibility index (Phi) is 7.14. The van der Waals surface area contributed by atoms with Crippen LogP contribution < -0.4 is 14.2 Å². The van der Waals surface area contributed by atoms with Gasteiger partial charge in [-0.3, -0.25) is 9.59 Å².